The van der Waals surface area contributed by atoms with Crippen molar-refractivity contribution in [2.45, 2.75) is 45.6 Å². The molecular weight excluding hydrogens is 201 g/mol. The Bertz CT molecular complexity index is 333. The smallest absolute Gasteiger partial charge is 0.123 e. The second-order valence-corrected chi connectivity index (χ2v) is 5.00. The SMILES string of the molecule is CCCC(C)C(C)(N)Cc1cccc(F)c1. The zero-order valence-electron chi connectivity index (χ0n) is 10.5. The van der Waals surface area contributed by atoms with Crippen molar-refractivity contribution in [1.29, 1.82) is 0 Å². The van der Waals surface area contributed by atoms with Gasteiger partial charge in [0.25, 0.3) is 0 Å². The van der Waals surface area contributed by atoms with Crippen LogP contribution in [0.4, 0.5) is 4.39 Å². The van der Waals surface area contributed by atoms with Crippen LogP contribution < -0.4 is 5.73 Å². The predicted octanol–water partition coefficient (Wildman–Crippen LogP) is 3.52. The summed E-state index contributed by atoms with van der Waals surface area (Å²) in [7, 11) is 0. The van der Waals surface area contributed by atoms with Gasteiger partial charge in [-0.1, -0.05) is 32.4 Å². The second-order valence-electron chi connectivity index (χ2n) is 5.00. The van der Waals surface area contributed by atoms with E-state index in [0.717, 1.165) is 24.8 Å². The lowest BCUT2D eigenvalue weighted by atomic mass is 9.80. The third-order valence-corrected chi connectivity index (χ3v) is 3.32. The second kappa shape index (κ2) is 5.44. The van der Waals surface area contributed by atoms with Crippen molar-refractivity contribution in [1.82, 2.24) is 0 Å². The number of nitrogens with two attached hydrogens (primary N) is 1. The molecule has 16 heavy (non-hydrogen) atoms. The van der Waals surface area contributed by atoms with E-state index in [1.54, 1.807) is 12.1 Å². The van der Waals surface area contributed by atoms with Gasteiger partial charge in [-0.3, -0.25) is 0 Å². The molecular formula is C14H22FN. The van der Waals surface area contributed by atoms with Gasteiger partial charge in [-0.25, -0.2) is 4.39 Å². The first-order valence-corrected chi connectivity index (χ1v) is 5.99. The Balaban J connectivity index is 2.71. The molecule has 0 bridgehead atoms. The molecule has 0 saturated heterocycles. The molecule has 1 rings (SSSR count). The highest BCUT2D eigenvalue weighted by molar-refractivity contribution is 5.19. The van der Waals surface area contributed by atoms with Gasteiger partial charge in [-0.05, 0) is 43.4 Å². The topological polar surface area (TPSA) is 26.0 Å². The Hall–Kier alpha value is -0.890. The minimum atomic E-state index is -0.260. The molecule has 0 heterocycles. The van der Waals surface area contributed by atoms with E-state index in [0.29, 0.717) is 5.92 Å². The van der Waals surface area contributed by atoms with Crippen molar-refractivity contribution >= 4 is 0 Å². The van der Waals surface area contributed by atoms with Gasteiger partial charge < -0.3 is 5.73 Å². The molecule has 1 aromatic rings. The van der Waals surface area contributed by atoms with E-state index in [4.69, 9.17) is 5.73 Å². The highest BCUT2D eigenvalue weighted by atomic mass is 19.1. The summed E-state index contributed by atoms with van der Waals surface area (Å²) >= 11 is 0. The largest absolute Gasteiger partial charge is 0.325 e. The lowest BCUT2D eigenvalue weighted by Gasteiger charge is -2.32. The molecule has 0 fully saturated rings. The fourth-order valence-electron chi connectivity index (χ4n) is 2.02. The normalized spacial score (nSPS) is 16.8. The maximum absolute atomic E-state index is 13.1. The van der Waals surface area contributed by atoms with Crippen molar-refractivity contribution in [2.75, 3.05) is 0 Å². The van der Waals surface area contributed by atoms with Crippen LogP contribution in [0.3, 0.4) is 0 Å². The van der Waals surface area contributed by atoms with Crippen molar-refractivity contribution in [2.24, 2.45) is 11.7 Å². The third kappa shape index (κ3) is 3.60. The van der Waals surface area contributed by atoms with Crippen LogP contribution in [0.1, 0.15) is 39.2 Å². The summed E-state index contributed by atoms with van der Waals surface area (Å²) < 4.78 is 13.1. The van der Waals surface area contributed by atoms with Gasteiger partial charge in [-0.2, -0.15) is 0 Å². The Morgan fingerprint density at radius 3 is 2.69 bits per heavy atom. The number of halogens is 1. The van der Waals surface area contributed by atoms with Crippen LogP contribution in [0.2, 0.25) is 0 Å². The van der Waals surface area contributed by atoms with Crippen LogP contribution in [0.15, 0.2) is 24.3 Å². The van der Waals surface area contributed by atoms with Gasteiger partial charge in [0, 0.05) is 5.54 Å². The lowest BCUT2D eigenvalue weighted by Crippen LogP contribution is -2.45. The van der Waals surface area contributed by atoms with Crippen molar-refractivity contribution in [3.8, 4) is 0 Å². The van der Waals surface area contributed by atoms with E-state index in [2.05, 4.69) is 20.8 Å². The maximum Gasteiger partial charge on any atom is 0.123 e. The Labute approximate surface area is 97.9 Å². The summed E-state index contributed by atoms with van der Waals surface area (Å²) in [6.07, 6.45) is 2.98. The van der Waals surface area contributed by atoms with Crippen LogP contribution in [0.5, 0.6) is 0 Å². The van der Waals surface area contributed by atoms with Crippen LogP contribution in [0.25, 0.3) is 0 Å². The van der Waals surface area contributed by atoms with Crippen molar-refractivity contribution in [3.63, 3.8) is 0 Å². The minimum absolute atomic E-state index is 0.184. The zero-order chi connectivity index (χ0) is 12.2. The van der Waals surface area contributed by atoms with E-state index >= 15 is 0 Å². The average Bonchev–Trinajstić information content (AvgIpc) is 2.17. The molecule has 0 amide bonds. The lowest BCUT2D eigenvalue weighted by molar-refractivity contribution is 0.295. The first-order chi connectivity index (χ1) is 7.45. The molecule has 0 aliphatic rings. The number of rotatable bonds is 5. The number of benzene rings is 1. The first-order valence-electron chi connectivity index (χ1n) is 5.99. The van der Waals surface area contributed by atoms with Gasteiger partial charge in [0.05, 0.1) is 0 Å². The van der Waals surface area contributed by atoms with Gasteiger partial charge in [0.1, 0.15) is 5.82 Å². The van der Waals surface area contributed by atoms with E-state index < -0.39 is 0 Å². The Morgan fingerprint density at radius 1 is 1.44 bits per heavy atom. The van der Waals surface area contributed by atoms with E-state index in [1.165, 1.54) is 6.07 Å². The van der Waals surface area contributed by atoms with Gasteiger partial charge >= 0.3 is 0 Å². The molecule has 0 saturated carbocycles. The predicted molar refractivity (Wildman–Crippen MR) is 66.8 cm³/mol. The average molecular weight is 223 g/mol. The van der Waals surface area contributed by atoms with Crippen molar-refractivity contribution in [3.05, 3.63) is 35.6 Å². The molecule has 0 aliphatic heterocycles. The summed E-state index contributed by atoms with van der Waals surface area (Å²) in [5, 5.41) is 0. The standard InChI is InChI=1S/C14H22FN/c1-4-6-11(2)14(3,16)10-12-7-5-8-13(15)9-12/h5,7-9,11H,4,6,10,16H2,1-3H3. The van der Waals surface area contributed by atoms with Crippen LogP contribution >= 0.6 is 0 Å². The summed E-state index contributed by atoms with van der Waals surface area (Å²) in [6, 6.07) is 6.72. The number of hydrogen-bond donors (Lipinski definition) is 1. The molecule has 2 heteroatoms. The van der Waals surface area contributed by atoms with Crippen LogP contribution in [0, 0.1) is 11.7 Å². The number of hydrogen-bond acceptors (Lipinski definition) is 1. The molecule has 0 spiro atoms. The summed E-state index contributed by atoms with van der Waals surface area (Å²) in [5.74, 6) is 0.261. The summed E-state index contributed by atoms with van der Waals surface area (Å²) in [5.41, 5.74) is 7.03. The maximum atomic E-state index is 13.1. The Kier molecular flexibility index (Phi) is 4.48. The molecule has 0 aromatic heterocycles. The summed E-state index contributed by atoms with van der Waals surface area (Å²) in [6.45, 7) is 6.38. The fourth-order valence-corrected chi connectivity index (χ4v) is 2.02. The molecule has 2 atom stereocenters. The molecule has 1 aromatic carbocycles. The molecule has 0 radical (unpaired) electrons. The highest BCUT2D eigenvalue weighted by Crippen LogP contribution is 2.23. The van der Waals surface area contributed by atoms with Crippen LogP contribution in [-0.2, 0) is 6.42 Å². The fraction of sp³-hybridized carbons (Fsp3) is 0.571. The van der Waals surface area contributed by atoms with E-state index in [-0.39, 0.29) is 11.4 Å². The summed E-state index contributed by atoms with van der Waals surface area (Å²) in [4.78, 5) is 0. The third-order valence-electron chi connectivity index (χ3n) is 3.32. The molecule has 2 unspecified atom stereocenters. The first kappa shape index (κ1) is 13.2. The van der Waals surface area contributed by atoms with Gasteiger partial charge in [0.2, 0.25) is 0 Å². The van der Waals surface area contributed by atoms with Crippen LogP contribution in [-0.4, -0.2) is 5.54 Å². The molecule has 0 aliphatic carbocycles. The molecule has 90 valence electrons. The molecule has 2 N–H and O–H groups in total. The highest BCUT2D eigenvalue weighted by Gasteiger charge is 2.26. The van der Waals surface area contributed by atoms with Crippen molar-refractivity contribution < 1.29 is 4.39 Å². The van der Waals surface area contributed by atoms with E-state index in [1.807, 2.05) is 6.07 Å². The molecule has 1 nitrogen and oxygen atoms in total. The minimum Gasteiger partial charge on any atom is -0.325 e. The monoisotopic (exact) mass is 223 g/mol. The Morgan fingerprint density at radius 2 is 2.12 bits per heavy atom. The van der Waals surface area contributed by atoms with Gasteiger partial charge in [-0.15, -0.1) is 0 Å². The zero-order valence-corrected chi connectivity index (χ0v) is 10.5. The van der Waals surface area contributed by atoms with E-state index in [9.17, 15) is 4.39 Å². The quantitative estimate of drug-likeness (QED) is 0.812. The van der Waals surface area contributed by atoms with Gasteiger partial charge in [0.15, 0.2) is 0 Å².